The first-order valence-electron chi connectivity index (χ1n) is 9.23. The maximum atomic E-state index is 13.1. The third-order valence-corrected chi connectivity index (χ3v) is 5.77. The molecule has 0 aliphatic carbocycles. The van der Waals surface area contributed by atoms with E-state index in [1.165, 1.54) is 11.8 Å². The maximum Gasteiger partial charge on any atom is 0.237 e. The van der Waals surface area contributed by atoms with Gasteiger partial charge < -0.3 is 10.2 Å². The molecular formula is C22H21N3O2S. The third-order valence-electron chi connectivity index (χ3n) is 4.87. The van der Waals surface area contributed by atoms with Crippen molar-refractivity contribution in [2.45, 2.75) is 31.3 Å². The molecule has 1 aromatic heterocycles. The number of nitrogens with one attached hydrogen (secondary N) is 1. The predicted octanol–water partition coefficient (Wildman–Crippen LogP) is 4.40. The molecule has 1 N–H and O–H groups in total. The minimum atomic E-state index is -0.206. The second-order valence-electron chi connectivity index (χ2n) is 6.97. The molecule has 1 aliphatic heterocycles. The van der Waals surface area contributed by atoms with Gasteiger partial charge in [-0.25, -0.2) is 4.98 Å². The lowest BCUT2D eigenvalue weighted by Gasteiger charge is -2.27. The molecule has 0 bridgehead atoms. The Balaban J connectivity index is 1.57. The van der Waals surface area contributed by atoms with Crippen LogP contribution in [-0.2, 0) is 9.59 Å². The van der Waals surface area contributed by atoms with Gasteiger partial charge in [-0.1, -0.05) is 42.1 Å². The van der Waals surface area contributed by atoms with Crippen LogP contribution in [0.25, 0.3) is 10.9 Å². The van der Waals surface area contributed by atoms with Crippen LogP contribution in [0.3, 0.4) is 0 Å². The molecule has 28 heavy (non-hydrogen) atoms. The van der Waals surface area contributed by atoms with Crippen LogP contribution in [0.4, 0.5) is 11.4 Å². The zero-order chi connectivity index (χ0) is 19.7. The number of hydrogen-bond acceptors (Lipinski definition) is 4. The van der Waals surface area contributed by atoms with Gasteiger partial charge >= 0.3 is 0 Å². The topological polar surface area (TPSA) is 62.3 Å². The summed E-state index contributed by atoms with van der Waals surface area (Å²) in [6, 6.07) is 17.3. The van der Waals surface area contributed by atoms with Crippen LogP contribution < -0.4 is 10.2 Å². The molecule has 0 spiro atoms. The number of pyridine rings is 1. The Morgan fingerprint density at radius 1 is 1.21 bits per heavy atom. The fourth-order valence-corrected chi connectivity index (χ4v) is 4.40. The lowest BCUT2D eigenvalue weighted by atomic mass is 10.1. The Kier molecular flexibility index (Phi) is 5.05. The first kappa shape index (κ1) is 18.5. The second kappa shape index (κ2) is 7.64. The third kappa shape index (κ3) is 3.60. The molecule has 4 rings (SSSR count). The van der Waals surface area contributed by atoms with Crippen molar-refractivity contribution in [2.75, 3.05) is 16.0 Å². The van der Waals surface area contributed by atoms with E-state index in [0.29, 0.717) is 5.69 Å². The zero-order valence-corrected chi connectivity index (χ0v) is 16.6. The Morgan fingerprint density at radius 3 is 2.82 bits per heavy atom. The molecule has 0 unspecified atom stereocenters. The highest BCUT2D eigenvalue weighted by atomic mass is 32.2. The van der Waals surface area contributed by atoms with Gasteiger partial charge in [-0.2, -0.15) is 0 Å². The smallest absolute Gasteiger partial charge is 0.237 e. The minimum Gasteiger partial charge on any atom is -0.324 e. The van der Waals surface area contributed by atoms with Gasteiger partial charge in [0.1, 0.15) is 0 Å². The molecule has 1 atom stereocenters. The highest BCUT2D eigenvalue weighted by molar-refractivity contribution is 7.99. The van der Waals surface area contributed by atoms with Crippen LogP contribution in [0.1, 0.15) is 18.9 Å². The lowest BCUT2D eigenvalue weighted by molar-refractivity contribution is -0.117. The van der Waals surface area contributed by atoms with E-state index < -0.39 is 0 Å². The molecule has 6 heteroatoms. The second-order valence-corrected chi connectivity index (χ2v) is 7.96. The molecule has 5 nitrogen and oxygen atoms in total. The van der Waals surface area contributed by atoms with Crippen LogP contribution >= 0.6 is 11.8 Å². The van der Waals surface area contributed by atoms with Crippen molar-refractivity contribution in [2.24, 2.45) is 0 Å². The van der Waals surface area contributed by atoms with Crippen molar-refractivity contribution in [1.82, 2.24) is 4.98 Å². The van der Waals surface area contributed by atoms with E-state index in [2.05, 4.69) is 23.3 Å². The van der Waals surface area contributed by atoms with Crippen LogP contribution in [0.2, 0.25) is 0 Å². The van der Waals surface area contributed by atoms with E-state index in [-0.39, 0.29) is 30.0 Å². The number of carbonyl (C=O) groups excluding carboxylic acids is 2. The Morgan fingerprint density at radius 2 is 1.96 bits per heavy atom. The van der Waals surface area contributed by atoms with Crippen LogP contribution in [-0.4, -0.2) is 28.6 Å². The molecule has 2 aromatic carbocycles. The number of para-hydroxylation sites is 3. The van der Waals surface area contributed by atoms with Gasteiger partial charge in [-0.05, 0) is 43.7 Å². The number of hydrogen-bond donors (Lipinski definition) is 1. The van der Waals surface area contributed by atoms with Gasteiger partial charge in [0, 0.05) is 17.8 Å². The standard InChI is InChI=1S/C22H21N3O2S/c1-14-11-21(24-17-8-4-3-7-16(14)17)28-13-22(27)25-15(2)12-20(26)23-18-9-5-6-10-19(18)25/h3-11,15H,12-13H2,1-2H3,(H,23,26)/t15-/m1/s1. The molecule has 3 aromatic rings. The zero-order valence-electron chi connectivity index (χ0n) is 15.8. The van der Waals surface area contributed by atoms with Crippen LogP contribution in [0.15, 0.2) is 59.6 Å². The van der Waals surface area contributed by atoms with E-state index in [0.717, 1.165) is 27.2 Å². The maximum absolute atomic E-state index is 13.1. The van der Waals surface area contributed by atoms with E-state index in [9.17, 15) is 9.59 Å². The number of aryl methyl sites for hydroxylation is 1. The first-order chi connectivity index (χ1) is 13.5. The van der Waals surface area contributed by atoms with Gasteiger partial charge in [0.25, 0.3) is 0 Å². The number of anilines is 2. The van der Waals surface area contributed by atoms with Crippen molar-refractivity contribution in [1.29, 1.82) is 0 Å². The number of carbonyl (C=O) groups is 2. The summed E-state index contributed by atoms with van der Waals surface area (Å²) in [6.45, 7) is 3.96. The van der Waals surface area contributed by atoms with Crippen molar-refractivity contribution >= 4 is 45.9 Å². The first-order valence-corrected chi connectivity index (χ1v) is 10.2. The summed E-state index contributed by atoms with van der Waals surface area (Å²) >= 11 is 1.43. The Hall–Kier alpha value is -2.86. The Labute approximate surface area is 168 Å². The number of rotatable bonds is 3. The van der Waals surface area contributed by atoms with Gasteiger partial charge in [0.2, 0.25) is 11.8 Å². The highest BCUT2D eigenvalue weighted by Crippen LogP contribution is 2.32. The van der Waals surface area contributed by atoms with E-state index in [1.54, 1.807) is 4.90 Å². The SMILES string of the molecule is Cc1cc(SCC(=O)N2c3ccccc3NC(=O)C[C@H]2C)nc2ccccc12. The summed E-state index contributed by atoms with van der Waals surface area (Å²) in [5, 5.41) is 4.84. The molecular weight excluding hydrogens is 370 g/mol. The summed E-state index contributed by atoms with van der Waals surface area (Å²) in [4.78, 5) is 31.6. The fourth-order valence-electron chi connectivity index (χ4n) is 3.57. The number of fused-ring (bicyclic) bond motifs is 2. The van der Waals surface area contributed by atoms with Crippen molar-refractivity contribution < 1.29 is 9.59 Å². The average Bonchev–Trinajstić information content (AvgIpc) is 2.80. The number of nitrogens with zero attached hydrogens (tertiary/aromatic N) is 2. The lowest BCUT2D eigenvalue weighted by Crippen LogP contribution is -2.40. The molecule has 2 heterocycles. The number of benzene rings is 2. The number of amides is 2. The summed E-state index contributed by atoms with van der Waals surface area (Å²) in [7, 11) is 0. The van der Waals surface area contributed by atoms with Crippen LogP contribution in [0, 0.1) is 6.92 Å². The number of aromatic nitrogens is 1. The van der Waals surface area contributed by atoms with E-state index in [1.807, 2.05) is 55.5 Å². The Bertz CT molecular complexity index is 1070. The van der Waals surface area contributed by atoms with Crippen molar-refractivity contribution in [3.05, 3.63) is 60.2 Å². The summed E-state index contributed by atoms with van der Waals surface area (Å²) in [6.07, 6.45) is 0.276. The molecule has 0 fully saturated rings. The molecule has 0 saturated carbocycles. The van der Waals surface area contributed by atoms with E-state index >= 15 is 0 Å². The monoisotopic (exact) mass is 391 g/mol. The van der Waals surface area contributed by atoms with Gasteiger partial charge in [0.15, 0.2) is 0 Å². The minimum absolute atomic E-state index is 0.0333. The molecule has 0 radical (unpaired) electrons. The molecule has 0 saturated heterocycles. The average molecular weight is 391 g/mol. The molecule has 2 amide bonds. The van der Waals surface area contributed by atoms with Gasteiger partial charge in [-0.3, -0.25) is 9.59 Å². The van der Waals surface area contributed by atoms with Crippen molar-refractivity contribution in [3.8, 4) is 0 Å². The summed E-state index contributed by atoms with van der Waals surface area (Å²) < 4.78 is 0. The predicted molar refractivity (Wildman–Crippen MR) is 114 cm³/mol. The summed E-state index contributed by atoms with van der Waals surface area (Å²) in [5.41, 5.74) is 3.49. The van der Waals surface area contributed by atoms with Gasteiger partial charge in [0.05, 0.1) is 27.7 Å². The molecule has 1 aliphatic rings. The van der Waals surface area contributed by atoms with Crippen molar-refractivity contribution in [3.63, 3.8) is 0 Å². The quantitative estimate of drug-likeness (QED) is 0.672. The largest absolute Gasteiger partial charge is 0.324 e. The molecule has 142 valence electrons. The summed E-state index contributed by atoms with van der Waals surface area (Å²) in [5.74, 6) is 0.154. The van der Waals surface area contributed by atoms with E-state index in [4.69, 9.17) is 0 Å². The highest BCUT2D eigenvalue weighted by Gasteiger charge is 2.29. The fraction of sp³-hybridized carbons (Fsp3) is 0.227. The van der Waals surface area contributed by atoms with Gasteiger partial charge in [-0.15, -0.1) is 0 Å². The number of thioether (sulfide) groups is 1. The normalized spacial score (nSPS) is 16.4. The van der Waals surface area contributed by atoms with Crippen LogP contribution in [0.5, 0.6) is 0 Å².